The van der Waals surface area contributed by atoms with E-state index in [1.807, 2.05) is 0 Å². The second-order valence-corrected chi connectivity index (χ2v) is 7.89. The van der Waals surface area contributed by atoms with Crippen LogP contribution in [0.1, 0.15) is 11.1 Å². The van der Waals surface area contributed by atoms with Crippen LogP contribution in [0.15, 0.2) is 48.5 Å². The van der Waals surface area contributed by atoms with Crippen LogP contribution in [0.25, 0.3) is 0 Å². The van der Waals surface area contributed by atoms with Crippen LogP contribution in [-0.2, 0) is 12.7 Å². The number of benzene rings is 2. The Bertz CT molecular complexity index is 986. The van der Waals surface area contributed by atoms with Crippen molar-refractivity contribution in [3.63, 3.8) is 0 Å². The predicted octanol–water partition coefficient (Wildman–Crippen LogP) is 3.30. The molecule has 178 valence electrons. The SMILES string of the molecule is O=C1NC(Nc2cccc(C(F)(F)F)c2)N(Cc2ccc(Cl)cc2)C(=O)N1CC(CO)CO. The van der Waals surface area contributed by atoms with Crippen LogP contribution in [0, 0.1) is 5.92 Å². The number of alkyl halides is 3. The van der Waals surface area contributed by atoms with Gasteiger partial charge in [0.15, 0.2) is 6.29 Å². The van der Waals surface area contributed by atoms with E-state index in [1.54, 1.807) is 24.3 Å². The standard InChI is InChI=1S/C21H22ClF3N4O4/c22-16-6-4-13(5-7-16)9-28-18(26-17-3-1-2-15(8-17)21(23,24)25)27-19(32)29(20(28)33)10-14(11-30)12-31/h1-8,14,18,26,30-31H,9-12H2,(H,27,32). The Hall–Kier alpha value is -3.02. The first kappa shape index (κ1) is 24.6. The summed E-state index contributed by atoms with van der Waals surface area (Å²) in [4.78, 5) is 27.8. The van der Waals surface area contributed by atoms with Crippen molar-refractivity contribution >= 4 is 29.4 Å². The molecule has 0 aromatic heterocycles. The minimum Gasteiger partial charge on any atom is -0.396 e. The van der Waals surface area contributed by atoms with Crippen molar-refractivity contribution in [1.82, 2.24) is 15.1 Å². The summed E-state index contributed by atoms with van der Waals surface area (Å²) in [6, 6.07) is 9.38. The number of halogens is 4. The van der Waals surface area contributed by atoms with Crippen LogP contribution in [0.5, 0.6) is 0 Å². The Morgan fingerprint density at radius 2 is 1.76 bits per heavy atom. The molecule has 1 unspecified atom stereocenters. The number of amides is 4. The quantitative estimate of drug-likeness (QED) is 0.458. The molecule has 4 amide bonds. The maximum Gasteiger partial charge on any atom is 0.416 e. The van der Waals surface area contributed by atoms with Crippen LogP contribution in [0.3, 0.4) is 0 Å². The fraction of sp³-hybridized carbons (Fsp3) is 0.333. The van der Waals surface area contributed by atoms with Crippen molar-refractivity contribution in [2.24, 2.45) is 5.92 Å². The number of aliphatic hydroxyl groups excluding tert-OH is 2. The van der Waals surface area contributed by atoms with Gasteiger partial charge in [-0.1, -0.05) is 29.8 Å². The summed E-state index contributed by atoms with van der Waals surface area (Å²) in [6.45, 7) is -1.15. The number of hydrogen-bond acceptors (Lipinski definition) is 5. The maximum absolute atomic E-state index is 13.2. The van der Waals surface area contributed by atoms with E-state index >= 15 is 0 Å². The number of imide groups is 1. The molecule has 1 saturated heterocycles. The van der Waals surface area contributed by atoms with Crippen LogP contribution in [0.2, 0.25) is 5.02 Å². The third-order valence-electron chi connectivity index (χ3n) is 5.01. The molecule has 2 aromatic rings. The molecule has 3 rings (SSSR count). The molecule has 1 atom stereocenters. The van der Waals surface area contributed by atoms with Gasteiger partial charge >= 0.3 is 18.2 Å². The van der Waals surface area contributed by atoms with Gasteiger partial charge in [-0.05, 0) is 35.9 Å². The number of aliphatic hydroxyl groups is 2. The van der Waals surface area contributed by atoms with Gasteiger partial charge in [-0.2, -0.15) is 13.2 Å². The summed E-state index contributed by atoms with van der Waals surface area (Å²) in [5.74, 6) is -0.745. The first-order chi connectivity index (χ1) is 15.6. The summed E-state index contributed by atoms with van der Waals surface area (Å²) in [6.07, 6.45) is -5.73. The van der Waals surface area contributed by atoms with E-state index in [0.29, 0.717) is 10.6 Å². The van der Waals surface area contributed by atoms with Crippen molar-refractivity contribution < 1.29 is 33.0 Å². The van der Waals surface area contributed by atoms with E-state index < -0.39 is 49.2 Å². The van der Waals surface area contributed by atoms with Gasteiger partial charge in [0.05, 0.1) is 12.1 Å². The van der Waals surface area contributed by atoms with Crippen LogP contribution < -0.4 is 10.6 Å². The number of nitrogens with zero attached hydrogens (tertiary/aromatic N) is 2. The van der Waals surface area contributed by atoms with Crippen molar-refractivity contribution in [3.05, 3.63) is 64.7 Å². The number of urea groups is 2. The Kier molecular flexibility index (Phi) is 7.67. The molecule has 4 N–H and O–H groups in total. The van der Waals surface area contributed by atoms with Crippen LogP contribution >= 0.6 is 11.6 Å². The number of rotatable bonds is 8. The Labute approximate surface area is 192 Å². The van der Waals surface area contributed by atoms with Crippen molar-refractivity contribution in [2.45, 2.75) is 19.0 Å². The van der Waals surface area contributed by atoms with Gasteiger partial charge in [0.25, 0.3) is 0 Å². The monoisotopic (exact) mass is 486 g/mol. The lowest BCUT2D eigenvalue weighted by atomic mass is 10.1. The van der Waals surface area contributed by atoms with E-state index in [1.165, 1.54) is 17.0 Å². The largest absolute Gasteiger partial charge is 0.416 e. The molecule has 2 aromatic carbocycles. The third-order valence-corrected chi connectivity index (χ3v) is 5.26. The van der Waals surface area contributed by atoms with Gasteiger partial charge in [0, 0.05) is 36.4 Å². The van der Waals surface area contributed by atoms with E-state index in [-0.39, 0.29) is 18.8 Å². The zero-order chi connectivity index (χ0) is 24.2. The van der Waals surface area contributed by atoms with Crippen molar-refractivity contribution in [3.8, 4) is 0 Å². The third kappa shape index (κ3) is 6.06. The van der Waals surface area contributed by atoms with Crippen molar-refractivity contribution in [1.29, 1.82) is 0 Å². The Morgan fingerprint density at radius 1 is 1.09 bits per heavy atom. The molecular formula is C21H22ClF3N4O4. The first-order valence-corrected chi connectivity index (χ1v) is 10.3. The predicted molar refractivity (Wildman–Crippen MR) is 114 cm³/mol. The lowest BCUT2D eigenvalue weighted by Gasteiger charge is -2.42. The molecule has 8 nitrogen and oxygen atoms in total. The molecule has 1 fully saturated rings. The average Bonchev–Trinajstić information content (AvgIpc) is 2.77. The smallest absolute Gasteiger partial charge is 0.396 e. The second kappa shape index (κ2) is 10.3. The highest BCUT2D eigenvalue weighted by Crippen LogP contribution is 2.31. The number of carbonyl (C=O) groups excluding carboxylic acids is 2. The summed E-state index contributed by atoms with van der Waals surface area (Å²) >= 11 is 5.90. The molecule has 1 heterocycles. The molecule has 0 bridgehead atoms. The first-order valence-electron chi connectivity index (χ1n) is 9.91. The molecule has 1 aliphatic heterocycles. The number of carbonyl (C=O) groups is 2. The molecule has 1 aliphatic rings. The Balaban J connectivity index is 1.89. The second-order valence-electron chi connectivity index (χ2n) is 7.45. The van der Waals surface area contributed by atoms with E-state index in [9.17, 15) is 33.0 Å². The normalized spacial score (nSPS) is 16.9. The number of anilines is 1. The highest BCUT2D eigenvalue weighted by Gasteiger charge is 2.39. The molecule has 12 heteroatoms. The topological polar surface area (TPSA) is 105 Å². The summed E-state index contributed by atoms with van der Waals surface area (Å²) < 4.78 is 39.3. The lowest BCUT2D eigenvalue weighted by molar-refractivity contribution is -0.137. The highest BCUT2D eigenvalue weighted by molar-refractivity contribution is 6.30. The van der Waals surface area contributed by atoms with Crippen molar-refractivity contribution in [2.75, 3.05) is 25.1 Å². The summed E-state index contributed by atoms with van der Waals surface area (Å²) in [5, 5.41) is 24.5. The van der Waals surface area contributed by atoms with Crippen LogP contribution in [-0.4, -0.2) is 58.1 Å². The minimum atomic E-state index is -4.56. The maximum atomic E-state index is 13.2. The lowest BCUT2D eigenvalue weighted by Crippen LogP contribution is -2.67. The molecular weight excluding hydrogens is 465 g/mol. The number of nitrogens with one attached hydrogen (secondary N) is 2. The van der Waals surface area contributed by atoms with Gasteiger partial charge in [0.1, 0.15) is 0 Å². The molecule has 0 spiro atoms. The molecule has 0 saturated carbocycles. The fourth-order valence-electron chi connectivity index (χ4n) is 3.22. The van der Waals surface area contributed by atoms with Gasteiger partial charge in [-0.25, -0.2) is 14.5 Å². The summed E-state index contributed by atoms with van der Waals surface area (Å²) in [7, 11) is 0. The number of hydrogen-bond donors (Lipinski definition) is 4. The van der Waals surface area contributed by atoms with E-state index in [4.69, 9.17) is 11.6 Å². The zero-order valence-corrected chi connectivity index (χ0v) is 18.0. The summed E-state index contributed by atoms with van der Waals surface area (Å²) in [5.41, 5.74) is -0.192. The molecule has 33 heavy (non-hydrogen) atoms. The average molecular weight is 487 g/mol. The van der Waals surface area contributed by atoms with Gasteiger partial charge in [0.2, 0.25) is 0 Å². The Morgan fingerprint density at radius 3 is 2.36 bits per heavy atom. The van der Waals surface area contributed by atoms with E-state index in [2.05, 4.69) is 10.6 Å². The van der Waals surface area contributed by atoms with Gasteiger partial charge in [-0.15, -0.1) is 0 Å². The highest BCUT2D eigenvalue weighted by atomic mass is 35.5. The van der Waals surface area contributed by atoms with Crippen LogP contribution in [0.4, 0.5) is 28.4 Å². The molecule has 0 radical (unpaired) electrons. The molecule has 0 aliphatic carbocycles. The van der Waals surface area contributed by atoms with E-state index in [0.717, 1.165) is 17.0 Å². The van der Waals surface area contributed by atoms with Gasteiger partial charge < -0.3 is 15.5 Å². The zero-order valence-electron chi connectivity index (χ0n) is 17.2. The van der Waals surface area contributed by atoms with Gasteiger partial charge in [-0.3, -0.25) is 10.2 Å². The fourth-order valence-corrected chi connectivity index (χ4v) is 3.35. The minimum absolute atomic E-state index is 0.00761.